The Morgan fingerprint density at radius 1 is 1.14 bits per heavy atom. The van der Waals surface area contributed by atoms with Gasteiger partial charge in [0.2, 0.25) is 12.3 Å². The molecule has 4 rings (SSSR count). The van der Waals surface area contributed by atoms with Gasteiger partial charge in [0.05, 0.1) is 6.54 Å². The van der Waals surface area contributed by atoms with E-state index in [2.05, 4.69) is 26.6 Å². The van der Waals surface area contributed by atoms with E-state index in [4.69, 9.17) is 0 Å². The molecule has 0 aliphatic carbocycles. The van der Waals surface area contributed by atoms with Gasteiger partial charge in [-0.2, -0.15) is 13.2 Å². The van der Waals surface area contributed by atoms with Crippen LogP contribution < -0.4 is 4.90 Å². The summed E-state index contributed by atoms with van der Waals surface area (Å²) in [7, 11) is 1.56. The second-order valence-corrected chi connectivity index (χ2v) is 9.82. The van der Waals surface area contributed by atoms with Crippen LogP contribution in [0.5, 0.6) is 0 Å². The highest BCUT2D eigenvalue weighted by atomic mass is 32.2. The van der Waals surface area contributed by atoms with Crippen LogP contribution in [0.4, 0.5) is 23.2 Å². The molecule has 2 aromatic carbocycles. The molecule has 0 radical (unpaired) electrons. The molecule has 0 spiro atoms. The first-order valence-electron chi connectivity index (χ1n) is 11.1. The predicted molar refractivity (Wildman–Crippen MR) is 128 cm³/mol. The average Bonchev–Trinajstić information content (AvgIpc) is 3.37. The maximum absolute atomic E-state index is 14.5. The maximum Gasteiger partial charge on any atom is 0.470 e. The second kappa shape index (κ2) is 12.2. The quantitative estimate of drug-likeness (QED) is 0.352. The van der Waals surface area contributed by atoms with Crippen LogP contribution in [-0.4, -0.2) is 57.4 Å². The number of anilines is 1. The number of hydrogen-bond acceptors (Lipinski definition) is 6. The van der Waals surface area contributed by atoms with Gasteiger partial charge in [0.25, 0.3) is 0 Å². The summed E-state index contributed by atoms with van der Waals surface area (Å²) in [4.78, 5) is 15.0. The van der Waals surface area contributed by atoms with Gasteiger partial charge in [-0.25, -0.2) is 4.39 Å². The highest BCUT2D eigenvalue weighted by Gasteiger charge is 2.38. The number of carbonyl (C=O) groups excluding carboxylic acids is 1. The lowest BCUT2D eigenvalue weighted by Gasteiger charge is -2.20. The van der Waals surface area contributed by atoms with Crippen molar-refractivity contribution < 1.29 is 31.0 Å². The summed E-state index contributed by atoms with van der Waals surface area (Å²) >= 11 is 0. The molecule has 2 heterocycles. The van der Waals surface area contributed by atoms with E-state index < -0.39 is 34.6 Å². The van der Waals surface area contributed by atoms with Crippen LogP contribution in [0.2, 0.25) is 0 Å². The lowest BCUT2D eigenvalue weighted by molar-refractivity contribution is -0.156. The first-order valence-corrected chi connectivity index (χ1v) is 12.6. The summed E-state index contributed by atoms with van der Waals surface area (Å²) in [5, 5.41) is 6.21. The lowest BCUT2D eigenvalue weighted by Crippen LogP contribution is -2.34. The number of benzene rings is 2. The summed E-state index contributed by atoms with van der Waals surface area (Å²) < 4.78 is 67.4. The van der Waals surface area contributed by atoms with Gasteiger partial charge in [-0.1, -0.05) is 25.1 Å². The molecule has 1 saturated heterocycles. The molecule has 0 N–H and O–H groups in total. The minimum Gasteiger partial charge on any atom is -0.413 e. The van der Waals surface area contributed by atoms with Gasteiger partial charge >= 0.3 is 12.1 Å². The second-order valence-electron chi connectivity index (χ2n) is 8.12. The summed E-state index contributed by atoms with van der Waals surface area (Å²) in [6.45, 7) is 3.95. The van der Waals surface area contributed by atoms with Crippen molar-refractivity contribution >= 4 is 22.9 Å². The first kappa shape index (κ1) is 27.5. The Morgan fingerprint density at radius 3 is 2.42 bits per heavy atom. The SMILES string of the molecule is CCc1cccc(N(C=O)Cc2ccc(-c3nnc(C(F)(F)F)o3)cc2F)c1.CN1CCS(=O)CC1. The Kier molecular flexibility index (Phi) is 9.32. The van der Waals surface area contributed by atoms with E-state index in [9.17, 15) is 26.6 Å². The van der Waals surface area contributed by atoms with E-state index in [0.29, 0.717) is 12.1 Å². The predicted octanol–water partition coefficient (Wildman–Crippen LogP) is 4.30. The molecule has 3 aromatic rings. The van der Waals surface area contributed by atoms with Crippen LogP contribution in [0, 0.1) is 5.82 Å². The molecule has 1 aliphatic rings. The van der Waals surface area contributed by atoms with Gasteiger partial charge in [0, 0.05) is 52.2 Å². The Hall–Kier alpha value is -3.12. The van der Waals surface area contributed by atoms with Gasteiger partial charge < -0.3 is 14.2 Å². The van der Waals surface area contributed by atoms with E-state index in [1.165, 1.54) is 17.0 Å². The number of halogens is 4. The molecule has 194 valence electrons. The van der Waals surface area contributed by atoms with Crippen LogP contribution in [0.25, 0.3) is 11.5 Å². The van der Waals surface area contributed by atoms with Crippen molar-refractivity contribution in [2.75, 3.05) is 36.5 Å². The standard InChI is InChI=1S/C19H15F4N3O2.C5H11NOS/c1-2-12-4-3-5-15(8-12)26(11-27)10-14-7-6-13(9-16(14)20)17-24-25-18(28-17)19(21,22)23;1-6-2-4-8(7)5-3-6/h3-9,11H,2,10H2,1H3;2-5H2,1H3. The number of aryl methyl sites for hydroxylation is 1. The van der Waals surface area contributed by atoms with E-state index in [1.807, 2.05) is 19.1 Å². The van der Waals surface area contributed by atoms with E-state index in [1.54, 1.807) is 12.1 Å². The van der Waals surface area contributed by atoms with Crippen molar-refractivity contribution in [3.05, 3.63) is 65.3 Å². The highest BCUT2D eigenvalue weighted by molar-refractivity contribution is 7.85. The number of rotatable bonds is 6. The Labute approximate surface area is 208 Å². The van der Waals surface area contributed by atoms with Crippen molar-refractivity contribution in [3.8, 4) is 11.5 Å². The third-order valence-corrected chi connectivity index (χ3v) is 6.76. The van der Waals surface area contributed by atoms with Gasteiger partial charge in [-0.3, -0.25) is 9.00 Å². The van der Waals surface area contributed by atoms with Crippen molar-refractivity contribution in [1.82, 2.24) is 15.1 Å². The third kappa shape index (κ3) is 7.44. The molecular weight excluding hydrogens is 500 g/mol. The normalized spacial score (nSPS) is 14.7. The van der Waals surface area contributed by atoms with Gasteiger partial charge in [-0.05, 0) is 43.3 Å². The van der Waals surface area contributed by atoms with Crippen LogP contribution in [0.3, 0.4) is 0 Å². The summed E-state index contributed by atoms with van der Waals surface area (Å²) in [6, 6.07) is 11.0. The molecule has 0 unspecified atom stereocenters. The average molecular weight is 527 g/mol. The zero-order valence-electron chi connectivity index (χ0n) is 19.8. The molecule has 1 fully saturated rings. The third-order valence-electron chi connectivity index (χ3n) is 5.49. The zero-order chi connectivity index (χ0) is 26.3. The summed E-state index contributed by atoms with van der Waals surface area (Å²) in [6.07, 6.45) is -3.40. The van der Waals surface area contributed by atoms with Crippen LogP contribution in [0.15, 0.2) is 46.9 Å². The van der Waals surface area contributed by atoms with Crippen molar-refractivity contribution in [2.45, 2.75) is 26.1 Å². The number of nitrogens with zero attached hydrogens (tertiary/aromatic N) is 4. The summed E-state index contributed by atoms with van der Waals surface area (Å²) in [5.41, 5.74) is 1.84. The fourth-order valence-corrected chi connectivity index (χ4v) is 4.55. The summed E-state index contributed by atoms with van der Waals surface area (Å²) in [5.74, 6) is -0.911. The minimum atomic E-state index is -4.78. The van der Waals surface area contributed by atoms with Gasteiger partial charge in [0.15, 0.2) is 0 Å². The molecule has 0 saturated carbocycles. The monoisotopic (exact) mass is 526 g/mol. The van der Waals surface area contributed by atoms with E-state index in [0.717, 1.165) is 42.6 Å². The van der Waals surface area contributed by atoms with E-state index in [-0.39, 0.29) is 17.7 Å². The molecule has 1 aromatic heterocycles. The molecule has 1 amide bonds. The maximum atomic E-state index is 14.5. The number of carbonyl (C=O) groups is 1. The lowest BCUT2D eigenvalue weighted by atomic mass is 10.1. The molecule has 0 bridgehead atoms. The van der Waals surface area contributed by atoms with Crippen molar-refractivity contribution in [2.24, 2.45) is 0 Å². The molecule has 7 nitrogen and oxygen atoms in total. The smallest absolute Gasteiger partial charge is 0.413 e. The number of aromatic nitrogens is 2. The first-order chi connectivity index (χ1) is 17.1. The molecule has 1 aliphatic heterocycles. The number of alkyl halides is 3. The molecular formula is C24H26F4N4O3S. The minimum absolute atomic E-state index is 0.00915. The van der Waals surface area contributed by atoms with Crippen LogP contribution in [-0.2, 0) is 34.7 Å². The molecule has 12 heteroatoms. The topological polar surface area (TPSA) is 79.5 Å². The van der Waals surface area contributed by atoms with E-state index >= 15 is 0 Å². The zero-order valence-corrected chi connectivity index (χ0v) is 20.6. The van der Waals surface area contributed by atoms with Crippen LogP contribution >= 0.6 is 0 Å². The van der Waals surface area contributed by atoms with Crippen molar-refractivity contribution in [1.29, 1.82) is 0 Å². The fourth-order valence-electron chi connectivity index (χ4n) is 3.32. The highest BCUT2D eigenvalue weighted by Crippen LogP contribution is 2.31. The van der Waals surface area contributed by atoms with Crippen molar-refractivity contribution in [3.63, 3.8) is 0 Å². The number of amides is 1. The Morgan fingerprint density at radius 2 is 1.86 bits per heavy atom. The molecule has 36 heavy (non-hydrogen) atoms. The fraction of sp³-hybridized carbons (Fsp3) is 0.375. The Bertz CT molecular complexity index is 1190. The van der Waals surface area contributed by atoms with Gasteiger partial charge in [0.1, 0.15) is 5.82 Å². The molecule has 0 atom stereocenters. The Balaban J connectivity index is 0.000000383. The van der Waals surface area contributed by atoms with Crippen LogP contribution in [0.1, 0.15) is 23.9 Å². The largest absolute Gasteiger partial charge is 0.470 e. The van der Waals surface area contributed by atoms with Gasteiger partial charge in [-0.15, -0.1) is 10.2 Å². The number of hydrogen-bond donors (Lipinski definition) is 0.